The molecule has 0 radical (unpaired) electrons. The molecule has 4 rings (SSSR count). The third kappa shape index (κ3) is 9.99. The van der Waals surface area contributed by atoms with Gasteiger partial charge >= 0.3 is 5.97 Å². The van der Waals surface area contributed by atoms with E-state index in [0.29, 0.717) is 17.9 Å². The summed E-state index contributed by atoms with van der Waals surface area (Å²) in [5.74, 6) is 1.98. The molecule has 4 aromatic rings. The molecule has 0 saturated heterocycles. The molecular formula is C33H34N2O4S2. The van der Waals surface area contributed by atoms with Crippen LogP contribution in [0.4, 0.5) is 0 Å². The third-order valence-electron chi connectivity index (χ3n) is 6.20. The summed E-state index contributed by atoms with van der Waals surface area (Å²) in [6, 6.07) is 28.0. The first kappa shape index (κ1) is 30.2. The van der Waals surface area contributed by atoms with Crippen LogP contribution in [0.15, 0.2) is 84.9 Å². The Morgan fingerprint density at radius 3 is 2.39 bits per heavy atom. The molecule has 1 amide bonds. The molecule has 0 aliphatic heterocycles. The van der Waals surface area contributed by atoms with Crippen LogP contribution >= 0.6 is 23.5 Å². The van der Waals surface area contributed by atoms with Gasteiger partial charge in [0.15, 0.2) is 0 Å². The Bertz CT molecular complexity index is 1510. The summed E-state index contributed by atoms with van der Waals surface area (Å²) in [5, 5.41) is 10.2. The zero-order chi connectivity index (χ0) is 29.0. The molecule has 41 heavy (non-hydrogen) atoms. The number of nitrogens with zero attached hydrogens (tertiary/aromatic N) is 2. The molecule has 0 aliphatic rings. The van der Waals surface area contributed by atoms with E-state index < -0.39 is 5.97 Å². The van der Waals surface area contributed by atoms with Gasteiger partial charge in [-0.1, -0.05) is 54.6 Å². The molecule has 0 saturated carbocycles. The van der Waals surface area contributed by atoms with Gasteiger partial charge in [-0.25, -0.2) is 4.98 Å². The van der Waals surface area contributed by atoms with E-state index in [1.807, 2.05) is 78.9 Å². The lowest BCUT2D eigenvalue weighted by Gasteiger charge is -2.17. The normalized spacial score (nSPS) is 12.0. The molecule has 1 aromatic heterocycles. The van der Waals surface area contributed by atoms with E-state index in [1.165, 1.54) is 0 Å². The molecule has 0 bridgehead atoms. The Balaban J connectivity index is 1.39. The van der Waals surface area contributed by atoms with Crippen molar-refractivity contribution < 1.29 is 19.4 Å². The highest BCUT2D eigenvalue weighted by molar-refractivity contribution is 8.17. The van der Waals surface area contributed by atoms with E-state index in [9.17, 15) is 9.59 Å². The summed E-state index contributed by atoms with van der Waals surface area (Å²) >= 11 is 3.32. The quantitative estimate of drug-likeness (QED) is 0.153. The molecule has 8 heteroatoms. The zero-order valence-electron chi connectivity index (χ0n) is 23.2. The number of pyridine rings is 1. The van der Waals surface area contributed by atoms with E-state index >= 15 is 0 Å². The average molecular weight is 587 g/mol. The average Bonchev–Trinajstić information content (AvgIpc) is 2.96. The molecule has 1 atom stereocenters. The Labute approximate surface area is 249 Å². The van der Waals surface area contributed by atoms with Crippen LogP contribution < -0.4 is 4.74 Å². The fourth-order valence-electron chi connectivity index (χ4n) is 4.05. The van der Waals surface area contributed by atoms with Crippen molar-refractivity contribution in [2.24, 2.45) is 0 Å². The minimum absolute atomic E-state index is 0.0905. The number of aromatic nitrogens is 1. The minimum atomic E-state index is -0.801. The van der Waals surface area contributed by atoms with Gasteiger partial charge in [-0.2, -0.15) is 0 Å². The number of rotatable bonds is 14. The number of hydrogen-bond acceptors (Lipinski definition) is 6. The monoisotopic (exact) mass is 586 g/mol. The summed E-state index contributed by atoms with van der Waals surface area (Å²) in [5.41, 5.74) is 3.96. The van der Waals surface area contributed by atoms with Gasteiger partial charge in [-0.15, -0.1) is 23.5 Å². The fourth-order valence-corrected chi connectivity index (χ4v) is 6.74. The van der Waals surface area contributed by atoms with Gasteiger partial charge < -0.3 is 14.7 Å². The van der Waals surface area contributed by atoms with Crippen LogP contribution in [0, 0.1) is 0 Å². The molecule has 212 valence electrons. The van der Waals surface area contributed by atoms with Gasteiger partial charge in [-0.05, 0) is 60.0 Å². The molecule has 0 spiro atoms. The predicted molar refractivity (Wildman–Crippen MR) is 172 cm³/mol. The Morgan fingerprint density at radius 2 is 1.61 bits per heavy atom. The molecule has 1 heterocycles. The van der Waals surface area contributed by atoms with Crippen LogP contribution in [0.25, 0.3) is 23.1 Å². The standard InChI is InChI=1S/C33H34N2O4S2/c1-35(2)31(36)17-19-40-33(41-20-18-32(37)38)23-25-8-6-11-29(22-25)39-28-10-5-7-24(21-28)13-15-27-16-14-26-9-3-4-12-30(26)34-27/h3-16,21-22,33H,17-20,23H2,1-2H3,(H,37,38). The van der Waals surface area contributed by atoms with E-state index in [2.05, 4.69) is 18.2 Å². The van der Waals surface area contributed by atoms with Gasteiger partial charge in [0.2, 0.25) is 5.91 Å². The number of hydrogen-bond donors (Lipinski definition) is 1. The van der Waals surface area contributed by atoms with Crippen molar-refractivity contribution in [2.75, 3.05) is 25.6 Å². The molecule has 3 aromatic carbocycles. The maximum atomic E-state index is 12.0. The van der Waals surface area contributed by atoms with Crippen molar-refractivity contribution >= 4 is 58.5 Å². The number of para-hydroxylation sites is 1. The van der Waals surface area contributed by atoms with Crippen LogP contribution in [-0.4, -0.2) is 57.0 Å². The maximum Gasteiger partial charge on any atom is 0.304 e. The van der Waals surface area contributed by atoms with Crippen LogP contribution in [-0.2, 0) is 16.0 Å². The van der Waals surface area contributed by atoms with Crippen molar-refractivity contribution in [2.45, 2.75) is 23.8 Å². The Morgan fingerprint density at radius 1 is 0.878 bits per heavy atom. The summed E-state index contributed by atoms with van der Waals surface area (Å²) in [6.45, 7) is 0. The van der Waals surface area contributed by atoms with Crippen LogP contribution in [0.2, 0.25) is 0 Å². The Hall–Kier alpha value is -3.75. The lowest BCUT2D eigenvalue weighted by Crippen LogP contribution is -2.22. The topological polar surface area (TPSA) is 79.7 Å². The number of carboxylic acid groups (broad SMARTS) is 1. The lowest BCUT2D eigenvalue weighted by molar-refractivity contribution is -0.136. The van der Waals surface area contributed by atoms with Gasteiger partial charge in [0, 0.05) is 37.4 Å². The lowest BCUT2D eigenvalue weighted by atomic mass is 10.1. The van der Waals surface area contributed by atoms with Gasteiger partial charge in [0.1, 0.15) is 11.5 Å². The maximum absolute atomic E-state index is 12.0. The first-order valence-electron chi connectivity index (χ1n) is 13.4. The highest BCUT2D eigenvalue weighted by Crippen LogP contribution is 2.31. The summed E-state index contributed by atoms with van der Waals surface area (Å²) < 4.78 is 6.35. The third-order valence-corrected chi connectivity index (χ3v) is 8.97. The number of thioether (sulfide) groups is 2. The number of carbonyl (C=O) groups is 2. The fraction of sp³-hybridized carbons (Fsp3) is 0.242. The first-order valence-corrected chi connectivity index (χ1v) is 15.5. The second kappa shape index (κ2) is 15.3. The Kier molecular flexibility index (Phi) is 11.3. The highest BCUT2D eigenvalue weighted by Gasteiger charge is 2.14. The summed E-state index contributed by atoms with van der Waals surface area (Å²) in [6.07, 6.45) is 5.33. The largest absolute Gasteiger partial charge is 0.481 e. The zero-order valence-corrected chi connectivity index (χ0v) is 24.9. The van der Waals surface area contributed by atoms with E-state index in [-0.39, 0.29) is 16.9 Å². The number of benzene rings is 3. The summed E-state index contributed by atoms with van der Waals surface area (Å²) in [7, 11) is 3.51. The SMILES string of the molecule is CN(C)C(=O)CCSC(Cc1cccc(Oc2cccc(C=Cc3ccc4ccccc4n3)c2)c1)SCCC(=O)O. The minimum Gasteiger partial charge on any atom is -0.481 e. The summed E-state index contributed by atoms with van der Waals surface area (Å²) in [4.78, 5) is 29.3. The molecule has 0 fully saturated rings. The van der Waals surface area contributed by atoms with Crippen LogP contribution in [0.1, 0.15) is 29.7 Å². The van der Waals surface area contributed by atoms with E-state index in [0.717, 1.165) is 45.6 Å². The second-order valence-corrected chi connectivity index (χ2v) is 12.6. The highest BCUT2D eigenvalue weighted by atomic mass is 32.2. The molecule has 1 N–H and O–H groups in total. The van der Waals surface area contributed by atoms with Gasteiger partial charge in [0.25, 0.3) is 0 Å². The predicted octanol–water partition coefficient (Wildman–Crippen LogP) is 7.49. The molecule has 6 nitrogen and oxygen atoms in total. The first-order chi connectivity index (χ1) is 19.9. The van der Waals surface area contributed by atoms with Crippen LogP contribution in [0.3, 0.4) is 0 Å². The smallest absolute Gasteiger partial charge is 0.304 e. The van der Waals surface area contributed by atoms with Crippen LogP contribution in [0.5, 0.6) is 11.5 Å². The number of ether oxygens (including phenoxy) is 1. The van der Waals surface area contributed by atoms with Crippen molar-refractivity contribution in [3.05, 3.63) is 102 Å². The molecule has 0 aliphatic carbocycles. The van der Waals surface area contributed by atoms with E-state index in [4.69, 9.17) is 14.8 Å². The number of amides is 1. The van der Waals surface area contributed by atoms with Crippen molar-refractivity contribution in [3.63, 3.8) is 0 Å². The van der Waals surface area contributed by atoms with Gasteiger partial charge in [0.05, 0.1) is 22.2 Å². The van der Waals surface area contributed by atoms with Crippen molar-refractivity contribution in [1.29, 1.82) is 0 Å². The number of fused-ring (bicyclic) bond motifs is 1. The number of carboxylic acids is 1. The number of carbonyl (C=O) groups excluding carboxylic acids is 1. The van der Waals surface area contributed by atoms with Crippen molar-refractivity contribution in [3.8, 4) is 11.5 Å². The van der Waals surface area contributed by atoms with Gasteiger partial charge in [-0.3, -0.25) is 9.59 Å². The van der Waals surface area contributed by atoms with E-state index in [1.54, 1.807) is 42.5 Å². The second-order valence-electron chi connectivity index (χ2n) is 9.64. The van der Waals surface area contributed by atoms with Crippen molar-refractivity contribution in [1.82, 2.24) is 9.88 Å². The molecule has 1 unspecified atom stereocenters. The molecular weight excluding hydrogens is 553 g/mol. The number of aliphatic carboxylic acids is 1.